The molecule has 0 radical (unpaired) electrons. The predicted molar refractivity (Wildman–Crippen MR) is 93.7 cm³/mol. The molecule has 0 unspecified atom stereocenters. The summed E-state index contributed by atoms with van der Waals surface area (Å²) in [6.45, 7) is 10.5. The van der Waals surface area contributed by atoms with Crippen molar-refractivity contribution >= 4 is 21.8 Å². The molecule has 0 aromatic heterocycles. The normalized spacial score (nSPS) is 16.9. The standard InChI is InChI=1S/C17H26BrN3O/c1-14(2)11-19-17(22)13-21-9-7-20(8-10-21)12-15-3-5-16(18)6-4-15/h3-6,14H,7-13H2,1-2H3,(H,19,22). The van der Waals surface area contributed by atoms with Crippen LogP contribution in [0, 0.1) is 5.92 Å². The highest BCUT2D eigenvalue weighted by atomic mass is 79.9. The second kappa shape index (κ2) is 8.65. The number of carbonyl (C=O) groups excluding carboxylic acids is 1. The van der Waals surface area contributed by atoms with Gasteiger partial charge in [-0.05, 0) is 23.6 Å². The van der Waals surface area contributed by atoms with Gasteiger partial charge in [-0.25, -0.2) is 0 Å². The molecular weight excluding hydrogens is 342 g/mol. The van der Waals surface area contributed by atoms with Gasteiger partial charge < -0.3 is 5.32 Å². The summed E-state index contributed by atoms with van der Waals surface area (Å²) >= 11 is 3.46. The number of carbonyl (C=O) groups is 1. The van der Waals surface area contributed by atoms with E-state index in [4.69, 9.17) is 0 Å². The van der Waals surface area contributed by atoms with Crippen molar-refractivity contribution in [3.05, 3.63) is 34.3 Å². The highest BCUT2D eigenvalue weighted by molar-refractivity contribution is 9.10. The van der Waals surface area contributed by atoms with Crippen molar-refractivity contribution < 1.29 is 4.79 Å². The van der Waals surface area contributed by atoms with Gasteiger partial charge in [0.05, 0.1) is 6.54 Å². The number of hydrogen-bond acceptors (Lipinski definition) is 3. The lowest BCUT2D eigenvalue weighted by atomic mass is 10.2. The lowest BCUT2D eigenvalue weighted by Crippen LogP contribution is -2.49. The smallest absolute Gasteiger partial charge is 0.234 e. The van der Waals surface area contributed by atoms with Crippen molar-refractivity contribution in [2.75, 3.05) is 39.3 Å². The molecule has 1 heterocycles. The second-order valence-corrected chi connectivity index (χ2v) is 7.29. The average molecular weight is 368 g/mol. The quantitative estimate of drug-likeness (QED) is 0.837. The molecule has 4 nitrogen and oxygen atoms in total. The monoisotopic (exact) mass is 367 g/mol. The molecule has 1 aliphatic rings. The van der Waals surface area contributed by atoms with E-state index in [1.807, 2.05) is 0 Å². The molecule has 2 rings (SSSR count). The second-order valence-electron chi connectivity index (χ2n) is 6.38. The summed E-state index contributed by atoms with van der Waals surface area (Å²) < 4.78 is 1.12. The summed E-state index contributed by atoms with van der Waals surface area (Å²) in [6.07, 6.45) is 0. The Balaban J connectivity index is 1.69. The van der Waals surface area contributed by atoms with Gasteiger partial charge in [-0.15, -0.1) is 0 Å². The van der Waals surface area contributed by atoms with Crippen molar-refractivity contribution in [2.24, 2.45) is 5.92 Å². The third kappa shape index (κ3) is 6.07. The third-order valence-electron chi connectivity index (χ3n) is 3.86. The zero-order valence-electron chi connectivity index (χ0n) is 13.5. The summed E-state index contributed by atoms with van der Waals surface area (Å²) in [5.74, 6) is 0.654. The molecule has 0 bridgehead atoms. The van der Waals surface area contributed by atoms with Gasteiger partial charge >= 0.3 is 0 Å². The molecule has 1 aromatic rings. The van der Waals surface area contributed by atoms with Crippen LogP contribution in [0.2, 0.25) is 0 Å². The van der Waals surface area contributed by atoms with Crippen LogP contribution in [0.4, 0.5) is 0 Å². The van der Waals surface area contributed by atoms with E-state index in [9.17, 15) is 4.79 Å². The molecule has 5 heteroatoms. The van der Waals surface area contributed by atoms with Crippen LogP contribution >= 0.6 is 15.9 Å². The van der Waals surface area contributed by atoms with Crippen molar-refractivity contribution in [1.29, 1.82) is 0 Å². The summed E-state index contributed by atoms with van der Waals surface area (Å²) in [7, 11) is 0. The lowest BCUT2D eigenvalue weighted by Gasteiger charge is -2.34. The van der Waals surface area contributed by atoms with Crippen LogP contribution in [-0.2, 0) is 11.3 Å². The minimum atomic E-state index is 0.148. The first kappa shape index (κ1) is 17.4. The van der Waals surface area contributed by atoms with Gasteiger partial charge in [-0.1, -0.05) is 41.9 Å². The zero-order valence-corrected chi connectivity index (χ0v) is 15.1. The number of hydrogen-bond donors (Lipinski definition) is 1. The van der Waals surface area contributed by atoms with E-state index in [1.54, 1.807) is 0 Å². The fraction of sp³-hybridized carbons (Fsp3) is 0.588. The first-order valence-corrected chi connectivity index (χ1v) is 8.78. The van der Waals surface area contributed by atoms with E-state index in [0.717, 1.165) is 43.7 Å². The number of nitrogens with zero attached hydrogens (tertiary/aromatic N) is 2. The Bertz CT molecular complexity index is 467. The average Bonchev–Trinajstić information content (AvgIpc) is 2.49. The van der Waals surface area contributed by atoms with Crippen molar-refractivity contribution in [1.82, 2.24) is 15.1 Å². The maximum absolute atomic E-state index is 11.8. The topological polar surface area (TPSA) is 35.6 Å². The Morgan fingerprint density at radius 3 is 2.32 bits per heavy atom. The highest BCUT2D eigenvalue weighted by Gasteiger charge is 2.18. The maximum atomic E-state index is 11.8. The van der Waals surface area contributed by atoms with E-state index < -0.39 is 0 Å². The van der Waals surface area contributed by atoms with E-state index in [2.05, 4.69) is 69.2 Å². The van der Waals surface area contributed by atoms with Gasteiger partial charge in [0, 0.05) is 43.7 Å². The molecule has 0 saturated carbocycles. The van der Waals surface area contributed by atoms with E-state index in [1.165, 1.54) is 5.56 Å². The summed E-state index contributed by atoms with van der Waals surface area (Å²) in [5, 5.41) is 2.99. The molecule has 1 N–H and O–H groups in total. The Morgan fingerprint density at radius 1 is 1.14 bits per heavy atom. The Hall–Kier alpha value is -0.910. The largest absolute Gasteiger partial charge is 0.355 e. The fourth-order valence-corrected chi connectivity index (χ4v) is 2.79. The molecule has 22 heavy (non-hydrogen) atoms. The van der Waals surface area contributed by atoms with Crippen molar-refractivity contribution in [2.45, 2.75) is 20.4 Å². The number of amides is 1. The zero-order chi connectivity index (χ0) is 15.9. The summed E-state index contributed by atoms with van der Waals surface area (Å²) in [5.41, 5.74) is 1.34. The van der Waals surface area contributed by atoms with Gasteiger partial charge in [0.15, 0.2) is 0 Å². The molecule has 1 amide bonds. The van der Waals surface area contributed by atoms with Crippen LogP contribution in [0.3, 0.4) is 0 Å². The van der Waals surface area contributed by atoms with Crippen LogP contribution < -0.4 is 5.32 Å². The summed E-state index contributed by atoms with van der Waals surface area (Å²) in [4.78, 5) is 16.5. The van der Waals surface area contributed by atoms with Crippen LogP contribution in [0.5, 0.6) is 0 Å². The van der Waals surface area contributed by atoms with Gasteiger partial charge in [0.25, 0.3) is 0 Å². The third-order valence-corrected chi connectivity index (χ3v) is 4.39. The van der Waals surface area contributed by atoms with Gasteiger partial charge in [-0.3, -0.25) is 14.6 Å². The Labute approximate surface area is 142 Å². The number of benzene rings is 1. The predicted octanol–water partition coefficient (Wildman–Crippen LogP) is 2.34. The molecular formula is C17H26BrN3O. The number of nitrogens with one attached hydrogen (secondary N) is 1. The fourth-order valence-electron chi connectivity index (χ4n) is 2.53. The number of rotatable bonds is 6. The summed E-state index contributed by atoms with van der Waals surface area (Å²) in [6, 6.07) is 8.50. The minimum absolute atomic E-state index is 0.148. The lowest BCUT2D eigenvalue weighted by molar-refractivity contribution is -0.122. The van der Waals surface area contributed by atoms with Crippen LogP contribution in [0.25, 0.3) is 0 Å². The number of piperazine rings is 1. The molecule has 1 saturated heterocycles. The first-order valence-electron chi connectivity index (χ1n) is 7.99. The molecule has 1 aromatic carbocycles. The Kier molecular flexibility index (Phi) is 6.86. The van der Waals surface area contributed by atoms with Crippen LogP contribution in [0.1, 0.15) is 19.4 Å². The molecule has 0 spiro atoms. The van der Waals surface area contributed by atoms with Crippen molar-refractivity contribution in [3.63, 3.8) is 0 Å². The molecule has 1 aliphatic heterocycles. The Morgan fingerprint density at radius 2 is 1.73 bits per heavy atom. The molecule has 122 valence electrons. The van der Waals surface area contributed by atoms with Crippen molar-refractivity contribution in [3.8, 4) is 0 Å². The number of halogens is 1. The van der Waals surface area contributed by atoms with E-state index >= 15 is 0 Å². The van der Waals surface area contributed by atoms with Gasteiger partial charge in [-0.2, -0.15) is 0 Å². The molecule has 1 fully saturated rings. The van der Waals surface area contributed by atoms with Crippen LogP contribution in [-0.4, -0.2) is 55.0 Å². The van der Waals surface area contributed by atoms with Crippen LogP contribution in [0.15, 0.2) is 28.7 Å². The maximum Gasteiger partial charge on any atom is 0.234 e. The van der Waals surface area contributed by atoms with Gasteiger partial charge in [0.2, 0.25) is 5.91 Å². The minimum Gasteiger partial charge on any atom is -0.355 e. The SMILES string of the molecule is CC(C)CNC(=O)CN1CCN(Cc2ccc(Br)cc2)CC1. The van der Waals surface area contributed by atoms with E-state index in [0.29, 0.717) is 12.5 Å². The highest BCUT2D eigenvalue weighted by Crippen LogP contribution is 2.13. The first-order chi connectivity index (χ1) is 10.5. The van der Waals surface area contributed by atoms with Gasteiger partial charge in [0.1, 0.15) is 0 Å². The van der Waals surface area contributed by atoms with E-state index in [-0.39, 0.29) is 5.91 Å². The molecule has 0 atom stereocenters. The molecule has 0 aliphatic carbocycles.